The Morgan fingerprint density at radius 2 is 2.11 bits per heavy atom. The first-order valence-corrected chi connectivity index (χ1v) is 10.2. The van der Waals surface area contributed by atoms with E-state index >= 15 is 0 Å². The smallest absolute Gasteiger partial charge is 0.191 e. The number of nitrogens with zero attached hydrogens (tertiary/aromatic N) is 3. The molecule has 0 bridgehead atoms. The van der Waals surface area contributed by atoms with Crippen molar-refractivity contribution >= 4 is 47.0 Å². The summed E-state index contributed by atoms with van der Waals surface area (Å²) in [4.78, 5) is 12.6. The van der Waals surface area contributed by atoms with E-state index in [-0.39, 0.29) is 24.0 Å². The summed E-state index contributed by atoms with van der Waals surface area (Å²) in [6.45, 7) is 7.13. The van der Waals surface area contributed by atoms with Crippen molar-refractivity contribution in [1.29, 1.82) is 0 Å². The Balaban J connectivity index is 0.00000261. The molecule has 0 radical (unpaired) electrons. The van der Waals surface area contributed by atoms with Crippen molar-refractivity contribution in [2.24, 2.45) is 4.99 Å². The van der Waals surface area contributed by atoms with Gasteiger partial charge in [0.05, 0.1) is 6.54 Å². The number of benzene rings is 1. The fourth-order valence-corrected chi connectivity index (χ4v) is 4.03. The molecule has 148 valence electrons. The van der Waals surface area contributed by atoms with Crippen molar-refractivity contribution in [3.8, 4) is 0 Å². The molecule has 2 heterocycles. The number of nitrogens with one attached hydrogen (secondary N) is 2. The van der Waals surface area contributed by atoms with Gasteiger partial charge in [-0.2, -0.15) is 0 Å². The normalized spacial score (nSPS) is 17.4. The summed E-state index contributed by atoms with van der Waals surface area (Å²) in [5.41, 5.74) is 2.61. The van der Waals surface area contributed by atoms with Crippen molar-refractivity contribution in [3.05, 3.63) is 45.9 Å². The van der Waals surface area contributed by atoms with Gasteiger partial charge in [-0.3, -0.25) is 4.99 Å². The number of rotatable bonds is 5. The Kier molecular flexibility index (Phi) is 8.82. The molecule has 7 heteroatoms. The SMILES string of the molecule is CCc1cnc(CNC(=NC)NC2CCCN(c3ccc(C)cc3)C2)s1.I. The number of piperidine rings is 1. The summed E-state index contributed by atoms with van der Waals surface area (Å²) in [6.07, 6.45) is 5.37. The molecule has 0 aliphatic carbocycles. The van der Waals surface area contributed by atoms with Crippen LogP contribution in [0.1, 0.15) is 35.2 Å². The molecular formula is C20H30IN5S. The first-order chi connectivity index (χ1) is 12.7. The Morgan fingerprint density at radius 1 is 1.33 bits per heavy atom. The maximum Gasteiger partial charge on any atom is 0.191 e. The van der Waals surface area contributed by atoms with Crippen LogP contribution in [0.5, 0.6) is 0 Å². The summed E-state index contributed by atoms with van der Waals surface area (Å²) >= 11 is 1.77. The van der Waals surface area contributed by atoms with Crippen molar-refractivity contribution < 1.29 is 0 Å². The lowest BCUT2D eigenvalue weighted by Crippen LogP contribution is -2.51. The molecule has 3 rings (SSSR count). The van der Waals surface area contributed by atoms with Crippen LogP contribution in [0.2, 0.25) is 0 Å². The van der Waals surface area contributed by atoms with Gasteiger partial charge >= 0.3 is 0 Å². The minimum atomic E-state index is 0. The number of anilines is 1. The number of aliphatic imine (C=N–C) groups is 1. The quantitative estimate of drug-likeness (QED) is 0.372. The van der Waals surface area contributed by atoms with Gasteiger partial charge < -0.3 is 15.5 Å². The van der Waals surface area contributed by atoms with Gasteiger partial charge in [0.1, 0.15) is 5.01 Å². The standard InChI is InChI=1S/C20H29N5S.HI/c1-4-18-12-22-19(26-18)13-23-20(21-3)24-16-6-5-11-25(14-16)17-9-7-15(2)8-10-17;/h7-10,12,16H,4-6,11,13-14H2,1-3H3,(H2,21,23,24);1H. The summed E-state index contributed by atoms with van der Waals surface area (Å²) in [5, 5.41) is 8.09. The van der Waals surface area contributed by atoms with Crippen molar-refractivity contribution in [3.63, 3.8) is 0 Å². The molecule has 1 aliphatic heterocycles. The van der Waals surface area contributed by atoms with Crippen molar-refractivity contribution in [2.45, 2.75) is 45.7 Å². The molecule has 1 aromatic heterocycles. The van der Waals surface area contributed by atoms with Gasteiger partial charge in [0, 0.05) is 42.9 Å². The zero-order valence-corrected chi connectivity index (χ0v) is 19.5. The molecular weight excluding hydrogens is 469 g/mol. The number of hydrogen-bond acceptors (Lipinski definition) is 4. The Morgan fingerprint density at radius 3 is 2.78 bits per heavy atom. The van der Waals surface area contributed by atoms with E-state index in [9.17, 15) is 0 Å². The van der Waals surface area contributed by atoms with Crippen LogP contribution in [0.4, 0.5) is 5.69 Å². The molecule has 1 fully saturated rings. The third-order valence-corrected chi connectivity index (χ3v) is 5.88. The van der Waals surface area contributed by atoms with Crippen LogP contribution >= 0.6 is 35.3 Å². The highest BCUT2D eigenvalue weighted by Gasteiger charge is 2.21. The maximum atomic E-state index is 4.46. The van der Waals surface area contributed by atoms with Gasteiger partial charge in [-0.25, -0.2) is 4.98 Å². The summed E-state index contributed by atoms with van der Waals surface area (Å²) in [7, 11) is 1.83. The van der Waals surface area contributed by atoms with Gasteiger partial charge in [0.2, 0.25) is 0 Å². The summed E-state index contributed by atoms with van der Waals surface area (Å²) < 4.78 is 0. The van der Waals surface area contributed by atoms with Crippen LogP contribution in [0.15, 0.2) is 35.5 Å². The predicted molar refractivity (Wildman–Crippen MR) is 127 cm³/mol. The second-order valence-electron chi connectivity index (χ2n) is 6.76. The van der Waals surface area contributed by atoms with E-state index in [2.05, 4.69) is 63.6 Å². The molecule has 27 heavy (non-hydrogen) atoms. The highest BCUT2D eigenvalue weighted by atomic mass is 127. The number of aryl methyl sites for hydroxylation is 2. The van der Waals surface area contributed by atoms with Gasteiger partial charge in [-0.1, -0.05) is 24.6 Å². The van der Waals surface area contributed by atoms with Gasteiger partial charge in [-0.15, -0.1) is 35.3 Å². The molecule has 1 aliphatic rings. The molecule has 1 saturated heterocycles. The zero-order chi connectivity index (χ0) is 18.4. The molecule has 2 N–H and O–H groups in total. The second-order valence-corrected chi connectivity index (χ2v) is 7.96. The fraction of sp³-hybridized carbons (Fsp3) is 0.500. The lowest BCUT2D eigenvalue weighted by molar-refractivity contribution is 0.468. The van der Waals surface area contributed by atoms with E-state index in [1.54, 1.807) is 11.3 Å². The fourth-order valence-electron chi connectivity index (χ4n) is 3.23. The number of aromatic nitrogens is 1. The van der Waals surface area contributed by atoms with Crippen LogP contribution in [-0.2, 0) is 13.0 Å². The van der Waals surface area contributed by atoms with Crippen LogP contribution in [0, 0.1) is 6.92 Å². The minimum Gasteiger partial charge on any atom is -0.369 e. The average molecular weight is 499 g/mol. The Hall–Kier alpha value is -1.35. The second kappa shape index (κ2) is 10.8. The van der Waals surface area contributed by atoms with Gasteiger partial charge in [-0.05, 0) is 38.3 Å². The van der Waals surface area contributed by atoms with E-state index < -0.39 is 0 Å². The highest BCUT2D eigenvalue weighted by Crippen LogP contribution is 2.20. The minimum absolute atomic E-state index is 0. The predicted octanol–water partition coefficient (Wildman–Crippen LogP) is 3.97. The van der Waals surface area contributed by atoms with E-state index in [1.807, 2.05) is 13.2 Å². The topological polar surface area (TPSA) is 52.6 Å². The Labute approximate surface area is 183 Å². The monoisotopic (exact) mass is 499 g/mol. The van der Waals surface area contributed by atoms with Crippen molar-refractivity contribution in [2.75, 3.05) is 25.0 Å². The third-order valence-electron chi connectivity index (χ3n) is 4.74. The lowest BCUT2D eigenvalue weighted by atomic mass is 10.0. The highest BCUT2D eigenvalue weighted by molar-refractivity contribution is 14.0. The summed E-state index contributed by atoms with van der Waals surface area (Å²) in [5.74, 6) is 0.856. The van der Waals surface area contributed by atoms with Crippen LogP contribution in [-0.4, -0.2) is 37.1 Å². The summed E-state index contributed by atoms with van der Waals surface area (Å²) in [6, 6.07) is 9.22. The molecule has 1 atom stereocenters. The largest absolute Gasteiger partial charge is 0.369 e. The molecule has 2 aromatic rings. The van der Waals surface area contributed by atoms with E-state index in [4.69, 9.17) is 0 Å². The molecule has 0 amide bonds. The number of hydrogen-bond donors (Lipinski definition) is 2. The van der Waals surface area contributed by atoms with Crippen LogP contribution < -0.4 is 15.5 Å². The molecule has 0 saturated carbocycles. The van der Waals surface area contributed by atoms with Crippen molar-refractivity contribution in [1.82, 2.24) is 15.6 Å². The molecule has 0 spiro atoms. The average Bonchev–Trinajstić information content (AvgIpc) is 3.14. The van der Waals surface area contributed by atoms with Gasteiger partial charge in [0.15, 0.2) is 5.96 Å². The number of thiazole rings is 1. The molecule has 1 aromatic carbocycles. The van der Waals surface area contributed by atoms with Gasteiger partial charge in [0.25, 0.3) is 0 Å². The van der Waals surface area contributed by atoms with E-state index in [0.717, 1.165) is 37.0 Å². The Bertz CT molecular complexity index is 728. The molecule has 1 unspecified atom stereocenters. The maximum absolute atomic E-state index is 4.46. The first kappa shape index (κ1) is 21.9. The van der Waals surface area contributed by atoms with E-state index in [1.165, 1.54) is 29.0 Å². The first-order valence-electron chi connectivity index (χ1n) is 9.40. The zero-order valence-electron chi connectivity index (χ0n) is 16.4. The lowest BCUT2D eigenvalue weighted by Gasteiger charge is -2.35. The number of halogens is 1. The third kappa shape index (κ3) is 6.34. The molecule has 5 nitrogen and oxygen atoms in total. The number of guanidine groups is 1. The van der Waals surface area contributed by atoms with E-state index in [0.29, 0.717) is 6.04 Å². The van der Waals surface area contributed by atoms with Crippen LogP contribution in [0.25, 0.3) is 0 Å². The van der Waals surface area contributed by atoms with Crippen LogP contribution in [0.3, 0.4) is 0 Å².